The molecular weight excluding hydrogens is 381 g/mol. The second-order valence-corrected chi connectivity index (χ2v) is 7.80. The van der Waals surface area contributed by atoms with Crippen molar-refractivity contribution in [2.45, 2.75) is 32.5 Å². The van der Waals surface area contributed by atoms with E-state index in [1.54, 1.807) is 18.3 Å². The Balaban J connectivity index is 0.00000171. The number of aromatic amines is 1. The average Bonchev–Trinajstić information content (AvgIpc) is 3.11. The maximum atomic E-state index is 13.6. The van der Waals surface area contributed by atoms with Crippen molar-refractivity contribution in [3.05, 3.63) is 36.0 Å². The Hall–Kier alpha value is -2.68. The van der Waals surface area contributed by atoms with Crippen molar-refractivity contribution in [2.24, 2.45) is 5.92 Å². The van der Waals surface area contributed by atoms with Gasteiger partial charge in [0.1, 0.15) is 5.82 Å². The first kappa shape index (κ1) is 19.6. The number of piperazine rings is 1. The van der Waals surface area contributed by atoms with Crippen LogP contribution in [-0.4, -0.2) is 45.8 Å². The molecular formula is C20H27F3N6. The molecule has 1 fully saturated rings. The van der Waals surface area contributed by atoms with Gasteiger partial charge in [-0.1, -0.05) is 13.8 Å². The number of halogens is 3. The second kappa shape index (κ2) is 7.62. The quantitative estimate of drug-likeness (QED) is 0.672. The second-order valence-electron chi connectivity index (χ2n) is 7.80. The van der Waals surface area contributed by atoms with E-state index in [0.717, 1.165) is 18.6 Å². The standard InChI is InChI=1S/C20H23F3N6.2H2/c1-12(2)8-14-11-29(7-6-24-14)17-10-13(20(21,22)23)9-16(26-17)18-15-4-3-5-25-19(15)28-27-18;;/h3-5,9-10,12,14,24H,6-8,11H2,1-2H3,(H,25,27,28);2*1H/t14-;;/m0../s1. The minimum atomic E-state index is -4.47. The number of anilines is 1. The summed E-state index contributed by atoms with van der Waals surface area (Å²) in [5.74, 6) is 0.832. The van der Waals surface area contributed by atoms with Gasteiger partial charge in [-0.2, -0.15) is 18.3 Å². The summed E-state index contributed by atoms with van der Waals surface area (Å²) in [7, 11) is 0. The van der Waals surface area contributed by atoms with E-state index in [1.165, 1.54) is 0 Å². The van der Waals surface area contributed by atoms with Gasteiger partial charge in [0, 0.05) is 40.1 Å². The van der Waals surface area contributed by atoms with Crippen LogP contribution in [0, 0.1) is 5.92 Å². The molecule has 2 N–H and O–H groups in total. The van der Waals surface area contributed by atoms with Crippen LogP contribution in [0.4, 0.5) is 19.0 Å². The van der Waals surface area contributed by atoms with E-state index in [2.05, 4.69) is 39.3 Å². The summed E-state index contributed by atoms with van der Waals surface area (Å²) in [6.07, 6.45) is -1.92. The van der Waals surface area contributed by atoms with Crippen LogP contribution in [0.3, 0.4) is 0 Å². The lowest BCUT2D eigenvalue weighted by molar-refractivity contribution is -0.137. The number of rotatable bonds is 4. The summed E-state index contributed by atoms with van der Waals surface area (Å²) in [6.45, 7) is 6.21. The smallest absolute Gasteiger partial charge is 0.354 e. The molecule has 29 heavy (non-hydrogen) atoms. The van der Waals surface area contributed by atoms with Crippen LogP contribution in [0.5, 0.6) is 0 Å². The summed E-state index contributed by atoms with van der Waals surface area (Å²) >= 11 is 0. The Morgan fingerprint density at radius 3 is 2.90 bits per heavy atom. The highest BCUT2D eigenvalue weighted by Gasteiger charge is 2.33. The number of hydrogen-bond acceptors (Lipinski definition) is 5. The summed E-state index contributed by atoms with van der Waals surface area (Å²) in [6, 6.07) is 5.92. The molecule has 0 unspecified atom stereocenters. The summed E-state index contributed by atoms with van der Waals surface area (Å²) in [5.41, 5.74) is 0.379. The molecule has 0 aromatic carbocycles. The highest BCUT2D eigenvalue weighted by molar-refractivity contribution is 5.89. The number of hydrogen-bond donors (Lipinski definition) is 2. The third-order valence-corrected chi connectivity index (χ3v) is 5.06. The molecule has 3 aromatic heterocycles. The number of aromatic nitrogens is 4. The van der Waals surface area contributed by atoms with Crippen molar-refractivity contribution >= 4 is 16.9 Å². The summed E-state index contributed by atoms with van der Waals surface area (Å²) in [5, 5.41) is 11.0. The molecule has 1 aliphatic heterocycles. The summed E-state index contributed by atoms with van der Waals surface area (Å²) in [4.78, 5) is 10.6. The molecule has 0 amide bonds. The molecule has 1 atom stereocenters. The molecule has 1 saturated heterocycles. The third kappa shape index (κ3) is 4.19. The van der Waals surface area contributed by atoms with E-state index >= 15 is 0 Å². The molecule has 4 rings (SSSR count). The van der Waals surface area contributed by atoms with Gasteiger partial charge in [-0.25, -0.2) is 9.97 Å². The van der Waals surface area contributed by atoms with Gasteiger partial charge >= 0.3 is 6.18 Å². The minimum absolute atomic E-state index is 0. The first-order valence-corrected chi connectivity index (χ1v) is 9.68. The van der Waals surface area contributed by atoms with Crippen molar-refractivity contribution in [1.29, 1.82) is 0 Å². The van der Waals surface area contributed by atoms with Gasteiger partial charge in [-0.05, 0) is 36.6 Å². The SMILES string of the molecule is CC(C)C[C@H]1CN(c2cc(C(F)(F)F)cc(-c3[nH]nc4ncccc34)n2)CCN1.[HH].[HH]. The number of nitrogens with one attached hydrogen (secondary N) is 2. The fraction of sp³-hybridized carbons (Fsp3) is 0.450. The number of nitrogens with zero attached hydrogens (tertiary/aromatic N) is 4. The Bertz CT molecular complexity index is 1010. The molecule has 0 radical (unpaired) electrons. The lowest BCUT2D eigenvalue weighted by atomic mass is 10.0. The van der Waals surface area contributed by atoms with E-state index in [4.69, 9.17) is 0 Å². The molecule has 9 heteroatoms. The largest absolute Gasteiger partial charge is 0.416 e. The first-order chi connectivity index (χ1) is 13.8. The van der Waals surface area contributed by atoms with Crippen molar-refractivity contribution in [3.8, 4) is 11.4 Å². The number of fused-ring (bicyclic) bond motifs is 1. The zero-order valence-corrected chi connectivity index (χ0v) is 16.3. The minimum Gasteiger partial charge on any atom is -0.354 e. The average molecular weight is 408 g/mol. The highest BCUT2D eigenvalue weighted by Crippen LogP contribution is 2.35. The maximum Gasteiger partial charge on any atom is 0.416 e. The zero-order chi connectivity index (χ0) is 20.6. The molecule has 0 spiro atoms. The van der Waals surface area contributed by atoms with Crippen molar-refractivity contribution in [2.75, 3.05) is 24.5 Å². The maximum absolute atomic E-state index is 13.6. The normalized spacial score (nSPS) is 18.0. The van der Waals surface area contributed by atoms with Gasteiger partial charge in [0.15, 0.2) is 5.65 Å². The highest BCUT2D eigenvalue weighted by atomic mass is 19.4. The van der Waals surface area contributed by atoms with Crippen molar-refractivity contribution in [3.63, 3.8) is 0 Å². The predicted octanol–water partition coefficient (Wildman–Crippen LogP) is 4.36. The third-order valence-electron chi connectivity index (χ3n) is 5.06. The van der Waals surface area contributed by atoms with E-state index in [9.17, 15) is 13.2 Å². The van der Waals surface area contributed by atoms with E-state index in [-0.39, 0.29) is 14.6 Å². The lowest BCUT2D eigenvalue weighted by Crippen LogP contribution is -2.51. The fourth-order valence-corrected chi connectivity index (χ4v) is 3.78. The van der Waals surface area contributed by atoms with Gasteiger partial charge in [-0.3, -0.25) is 5.10 Å². The molecule has 1 aliphatic rings. The first-order valence-electron chi connectivity index (χ1n) is 9.68. The Morgan fingerprint density at radius 1 is 1.31 bits per heavy atom. The summed E-state index contributed by atoms with van der Waals surface area (Å²) < 4.78 is 40.9. The lowest BCUT2D eigenvalue weighted by Gasteiger charge is -2.35. The van der Waals surface area contributed by atoms with E-state index in [0.29, 0.717) is 48.1 Å². The molecule has 4 heterocycles. The Labute approximate surface area is 169 Å². The van der Waals surface area contributed by atoms with Crippen LogP contribution in [-0.2, 0) is 6.18 Å². The molecule has 3 aromatic rings. The number of pyridine rings is 2. The monoisotopic (exact) mass is 408 g/mol. The van der Waals surface area contributed by atoms with Gasteiger partial charge in [0.05, 0.1) is 17.0 Å². The van der Waals surface area contributed by atoms with Gasteiger partial charge in [0.25, 0.3) is 0 Å². The van der Waals surface area contributed by atoms with Crippen LogP contribution in [0.15, 0.2) is 30.5 Å². The van der Waals surface area contributed by atoms with Gasteiger partial charge in [0.2, 0.25) is 0 Å². The fourth-order valence-electron chi connectivity index (χ4n) is 3.78. The zero-order valence-electron chi connectivity index (χ0n) is 16.3. The molecule has 6 nitrogen and oxygen atoms in total. The van der Waals surface area contributed by atoms with Crippen LogP contribution >= 0.6 is 0 Å². The van der Waals surface area contributed by atoms with Crippen LogP contribution in [0.1, 0.15) is 28.7 Å². The number of alkyl halides is 3. The molecule has 0 bridgehead atoms. The Kier molecular flexibility index (Phi) is 5.16. The van der Waals surface area contributed by atoms with Crippen LogP contribution < -0.4 is 10.2 Å². The Morgan fingerprint density at radius 2 is 2.14 bits per heavy atom. The topological polar surface area (TPSA) is 69.7 Å². The number of H-pyrrole nitrogens is 1. The molecule has 0 saturated carbocycles. The molecule has 158 valence electrons. The van der Waals surface area contributed by atoms with E-state index in [1.807, 2.05) is 4.90 Å². The molecule has 0 aliphatic carbocycles. The van der Waals surface area contributed by atoms with Gasteiger partial charge < -0.3 is 10.2 Å². The van der Waals surface area contributed by atoms with Crippen LogP contribution in [0.25, 0.3) is 22.4 Å². The predicted molar refractivity (Wildman–Crippen MR) is 110 cm³/mol. The van der Waals surface area contributed by atoms with Crippen molar-refractivity contribution in [1.82, 2.24) is 25.5 Å². The van der Waals surface area contributed by atoms with Crippen molar-refractivity contribution < 1.29 is 16.0 Å². The van der Waals surface area contributed by atoms with Crippen LogP contribution in [0.2, 0.25) is 0 Å². The van der Waals surface area contributed by atoms with E-state index < -0.39 is 11.7 Å². The van der Waals surface area contributed by atoms with Gasteiger partial charge in [-0.15, -0.1) is 0 Å².